The van der Waals surface area contributed by atoms with Crippen LogP contribution in [-0.4, -0.2) is 6.10 Å². The van der Waals surface area contributed by atoms with Gasteiger partial charge in [0.1, 0.15) is 17.5 Å². The number of rotatable bonds is 11. The van der Waals surface area contributed by atoms with Gasteiger partial charge >= 0.3 is 6.11 Å². The van der Waals surface area contributed by atoms with Crippen molar-refractivity contribution in [1.82, 2.24) is 0 Å². The summed E-state index contributed by atoms with van der Waals surface area (Å²) in [7, 11) is 0. The first kappa shape index (κ1) is 32.6. The third-order valence-electron chi connectivity index (χ3n) is 8.76. The Balaban J connectivity index is 1.18. The Labute approximate surface area is 262 Å². The van der Waals surface area contributed by atoms with Gasteiger partial charge in [-0.25, -0.2) is 13.2 Å². The van der Waals surface area contributed by atoms with Gasteiger partial charge in [0.15, 0.2) is 0 Å². The fourth-order valence-corrected chi connectivity index (χ4v) is 6.18. The average molecular weight is 619 g/mol. The molecule has 4 aromatic carbocycles. The molecule has 0 unspecified atom stereocenters. The Morgan fingerprint density at radius 2 is 1.36 bits per heavy atom. The lowest BCUT2D eigenvalue weighted by Crippen LogP contribution is -2.29. The van der Waals surface area contributed by atoms with Crippen LogP contribution in [0.4, 0.5) is 22.0 Å². The number of benzene rings is 4. The summed E-state index contributed by atoms with van der Waals surface area (Å²) in [6.07, 6.45) is 5.80. The standard InChI is InChI=1S/C39H39F5O/c1-3-5-6-8-26-9-18-32(19-10-26)39(43,44)45-33-20-15-28(16-21-33)27-11-13-29(14-12-27)30-17-22-34(36(40)23-30)31-24-37(41)35(7-4-2)38(42)25-31/h4,7,9-14,17-19,22-25,28,33H,3,5-6,8,15-16,20-21H2,1-2H3. The van der Waals surface area contributed by atoms with Crippen LogP contribution in [0.1, 0.15) is 87.0 Å². The van der Waals surface area contributed by atoms with Crippen molar-refractivity contribution in [2.24, 2.45) is 0 Å². The summed E-state index contributed by atoms with van der Waals surface area (Å²) in [6, 6.07) is 21.2. The third kappa shape index (κ3) is 7.91. The minimum atomic E-state index is -3.33. The van der Waals surface area contributed by atoms with Crippen LogP contribution < -0.4 is 0 Å². The van der Waals surface area contributed by atoms with Crippen LogP contribution in [-0.2, 0) is 17.3 Å². The molecule has 0 radical (unpaired) electrons. The number of aryl methyl sites for hydroxylation is 1. The maximum atomic E-state index is 15.1. The maximum Gasteiger partial charge on any atom is 0.383 e. The molecule has 1 fully saturated rings. The van der Waals surface area contributed by atoms with Gasteiger partial charge in [0.2, 0.25) is 0 Å². The molecule has 1 nitrogen and oxygen atoms in total. The maximum absolute atomic E-state index is 15.1. The predicted octanol–water partition coefficient (Wildman–Crippen LogP) is 12.0. The zero-order valence-electron chi connectivity index (χ0n) is 25.8. The molecule has 0 bridgehead atoms. The van der Waals surface area contributed by atoms with Gasteiger partial charge in [0.25, 0.3) is 0 Å². The first-order chi connectivity index (χ1) is 21.7. The summed E-state index contributed by atoms with van der Waals surface area (Å²) in [5, 5.41) is 0. The normalized spacial score (nSPS) is 17.2. The van der Waals surface area contributed by atoms with Crippen molar-refractivity contribution >= 4 is 6.08 Å². The fraction of sp³-hybridized carbons (Fsp3) is 0.333. The molecule has 0 aromatic heterocycles. The van der Waals surface area contributed by atoms with Crippen molar-refractivity contribution in [3.05, 3.63) is 125 Å². The number of hydrogen-bond donors (Lipinski definition) is 0. The molecule has 1 aliphatic rings. The lowest BCUT2D eigenvalue weighted by Gasteiger charge is -2.31. The van der Waals surface area contributed by atoms with Crippen LogP contribution in [0.25, 0.3) is 28.3 Å². The van der Waals surface area contributed by atoms with Crippen LogP contribution in [0, 0.1) is 17.5 Å². The van der Waals surface area contributed by atoms with E-state index in [0.717, 1.165) is 67.3 Å². The van der Waals surface area contributed by atoms with Crippen molar-refractivity contribution in [3.8, 4) is 22.3 Å². The fourth-order valence-electron chi connectivity index (χ4n) is 6.18. The summed E-state index contributed by atoms with van der Waals surface area (Å²) >= 11 is 0. The molecule has 0 spiro atoms. The van der Waals surface area contributed by atoms with E-state index < -0.39 is 29.7 Å². The minimum absolute atomic E-state index is 0.106. The molecule has 0 amide bonds. The highest BCUT2D eigenvalue weighted by molar-refractivity contribution is 5.72. The van der Waals surface area contributed by atoms with E-state index in [0.29, 0.717) is 18.4 Å². The molecule has 0 heterocycles. The first-order valence-electron chi connectivity index (χ1n) is 15.9. The second-order valence-electron chi connectivity index (χ2n) is 11.9. The largest absolute Gasteiger partial charge is 0.383 e. The highest BCUT2D eigenvalue weighted by Gasteiger charge is 2.37. The van der Waals surface area contributed by atoms with Crippen LogP contribution in [0.15, 0.2) is 84.9 Å². The zero-order valence-corrected chi connectivity index (χ0v) is 25.8. The minimum Gasteiger partial charge on any atom is -0.313 e. The van der Waals surface area contributed by atoms with Crippen molar-refractivity contribution in [2.45, 2.75) is 83.3 Å². The summed E-state index contributed by atoms with van der Waals surface area (Å²) in [4.78, 5) is 0. The molecule has 6 heteroatoms. The van der Waals surface area contributed by atoms with E-state index >= 15 is 4.39 Å². The number of halogens is 5. The molecule has 5 rings (SSSR count). The molecule has 1 saturated carbocycles. The molecular formula is C39H39F5O. The molecule has 0 saturated heterocycles. The van der Waals surface area contributed by atoms with Crippen LogP contribution in [0.5, 0.6) is 0 Å². The Bertz CT molecular complexity index is 1580. The second kappa shape index (κ2) is 14.6. The summed E-state index contributed by atoms with van der Waals surface area (Å²) in [6.45, 7) is 3.80. The van der Waals surface area contributed by atoms with E-state index in [1.807, 2.05) is 24.3 Å². The molecular weight excluding hydrogens is 579 g/mol. The van der Waals surface area contributed by atoms with Gasteiger partial charge in [0, 0.05) is 11.1 Å². The van der Waals surface area contributed by atoms with Gasteiger partial charge in [-0.2, -0.15) is 8.78 Å². The predicted molar refractivity (Wildman–Crippen MR) is 172 cm³/mol. The Morgan fingerprint density at radius 3 is 1.96 bits per heavy atom. The smallest absolute Gasteiger partial charge is 0.313 e. The van der Waals surface area contributed by atoms with Crippen molar-refractivity contribution in [1.29, 1.82) is 0 Å². The number of ether oxygens (including phenoxy) is 1. The van der Waals surface area contributed by atoms with Gasteiger partial charge in [-0.3, -0.25) is 0 Å². The van der Waals surface area contributed by atoms with Gasteiger partial charge in [-0.05, 0) is 97.4 Å². The average Bonchev–Trinajstić information content (AvgIpc) is 3.03. The number of hydrogen-bond acceptors (Lipinski definition) is 1. The quantitative estimate of drug-likeness (QED) is 0.120. The number of alkyl halides is 2. The third-order valence-corrected chi connectivity index (χ3v) is 8.76. The molecule has 0 N–H and O–H groups in total. The van der Waals surface area contributed by atoms with Gasteiger partial charge < -0.3 is 4.74 Å². The zero-order chi connectivity index (χ0) is 32.0. The monoisotopic (exact) mass is 618 g/mol. The van der Waals surface area contributed by atoms with E-state index in [9.17, 15) is 17.6 Å². The highest BCUT2D eigenvalue weighted by atomic mass is 19.3. The van der Waals surface area contributed by atoms with Gasteiger partial charge in [-0.15, -0.1) is 0 Å². The van der Waals surface area contributed by atoms with E-state index in [1.165, 1.54) is 30.3 Å². The van der Waals surface area contributed by atoms with Gasteiger partial charge in [-0.1, -0.05) is 92.6 Å². The summed E-state index contributed by atoms with van der Waals surface area (Å²) < 4.78 is 79.2. The van der Waals surface area contributed by atoms with Crippen molar-refractivity contribution in [3.63, 3.8) is 0 Å². The second-order valence-corrected chi connectivity index (χ2v) is 11.9. The highest BCUT2D eigenvalue weighted by Crippen LogP contribution is 2.40. The molecule has 0 aliphatic heterocycles. The van der Waals surface area contributed by atoms with E-state index in [2.05, 4.69) is 6.92 Å². The van der Waals surface area contributed by atoms with E-state index in [4.69, 9.17) is 4.74 Å². The summed E-state index contributed by atoms with van der Waals surface area (Å²) in [5.74, 6) is -1.85. The van der Waals surface area contributed by atoms with Crippen LogP contribution in [0.3, 0.4) is 0 Å². The molecule has 236 valence electrons. The van der Waals surface area contributed by atoms with Crippen LogP contribution >= 0.6 is 0 Å². The Morgan fingerprint density at radius 1 is 0.733 bits per heavy atom. The first-order valence-corrected chi connectivity index (χ1v) is 15.9. The SMILES string of the molecule is CC=Cc1c(F)cc(-c2ccc(-c3ccc(C4CCC(OC(F)(F)c5ccc(CCCCC)cc5)CC4)cc3)cc2F)cc1F. The van der Waals surface area contributed by atoms with Crippen LogP contribution in [0.2, 0.25) is 0 Å². The molecule has 4 aromatic rings. The van der Waals surface area contributed by atoms with Crippen molar-refractivity contribution < 1.29 is 26.7 Å². The van der Waals surface area contributed by atoms with Crippen molar-refractivity contribution in [2.75, 3.05) is 0 Å². The van der Waals surface area contributed by atoms with E-state index in [1.54, 1.807) is 31.2 Å². The molecule has 1 aliphatic carbocycles. The summed E-state index contributed by atoms with van der Waals surface area (Å²) in [5.41, 5.74) is 3.60. The molecule has 45 heavy (non-hydrogen) atoms. The number of unbranched alkanes of at least 4 members (excludes halogenated alkanes) is 2. The van der Waals surface area contributed by atoms with Gasteiger partial charge in [0.05, 0.1) is 11.7 Å². The number of allylic oxidation sites excluding steroid dienone is 1. The Hall–Kier alpha value is -3.77. The Kier molecular flexibility index (Phi) is 10.5. The lowest BCUT2D eigenvalue weighted by atomic mass is 9.82. The van der Waals surface area contributed by atoms with E-state index in [-0.39, 0.29) is 28.2 Å². The lowest BCUT2D eigenvalue weighted by molar-refractivity contribution is -0.277. The molecule has 0 atom stereocenters. The topological polar surface area (TPSA) is 9.23 Å².